The fourth-order valence-corrected chi connectivity index (χ4v) is 3.66. The molecule has 0 aromatic heterocycles. The van der Waals surface area contributed by atoms with E-state index in [2.05, 4.69) is 0 Å². The SMILES string of the molecule is C[C@H](CO)C/C=C/[C@@H](C)[C@@H](C)OCc1ccc(OCCCC(F)(F)C(F)(F)C(F)(F)C(F)(F)C(F)(F)C(F)(F)C(F)(F)C(F)(F)F)cc1. The van der Waals surface area contributed by atoms with Crippen LogP contribution in [-0.2, 0) is 11.3 Å². The molecule has 1 rings (SSSR count). The minimum Gasteiger partial charge on any atom is -0.494 e. The van der Waals surface area contributed by atoms with Crippen LogP contribution in [0.2, 0.25) is 0 Å². The minimum absolute atomic E-state index is 0.0215. The van der Waals surface area contributed by atoms with Gasteiger partial charge in [0.05, 0.1) is 19.3 Å². The number of halogens is 17. The number of alkyl halides is 17. The molecular formula is C28H31F17O3. The van der Waals surface area contributed by atoms with Crippen LogP contribution in [-0.4, -0.2) is 72.1 Å². The van der Waals surface area contributed by atoms with Gasteiger partial charge in [-0.05, 0) is 49.3 Å². The molecule has 20 heteroatoms. The van der Waals surface area contributed by atoms with Gasteiger partial charge in [-0.1, -0.05) is 38.1 Å². The van der Waals surface area contributed by atoms with E-state index in [-0.39, 0.29) is 36.9 Å². The molecule has 0 spiro atoms. The Morgan fingerprint density at radius 3 is 1.58 bits per heavy atom. The average molecular weight is 739 g/mol. The zero-order chi connectivity index (χ0) is 37.8. The van der Waals surface area contributed by atoms with Gasteiger partial charge < -0.3 is 14.6 Å². The lowest BCUT2D eigenvalue weighted by atomic mass is 9.88. The predicted molar refractivity (Wildman–Crippen MR) is 135 cm³/mol. The van der Waals surface area contributed by atoms with Crippen molar-refractivity contribution in [2.45, 2.75) is 100 Å². The van der Waals surface area contributed by atoms with Gasteiger partial charge in [0, 0.05) is 13.0 Å². The van der Waals surface area contributed by atoms with E-state index in [0.717, 1.165) is 0 Å². The highest BCUT2D eigenvalue weighted by Gasteiger charge is 2.95. The quantitative estimate of drug-likeness (QED) is 0.0873. The monoisotopic (exact) mass is 738 g/mol. The molecular weight excluding hydrogens is 707 g/mol. The van der Waals surface area contributed by atoms with E-state index in [4.69, 9.17) is 14.6 Å². The highest BCUT2D eigenvalue weighted by atomic mass is 19.4. The molecule has 280 valence electrons. The second-order valence-corrected chi connectivity index (χ2v) is 11.1. The predicted octanol–water partition coefficient (Wildman–Crippen LogP) is 9.97. The Morgan fingerprint density at radius 1 is 0.667 bits per heavy atom. The van der Waals surface area contributed by atoms with Crippen molar-refractivity contribution >= 4 is 0 Å². The van der Waals surface area contributed by atoms with Crippen molar-refractivity contribution in [1.82, 2.24) is 0 Å². The molecule has 0 fully saturated rings. The summed E-state index contributed by atoms with van der Waals surface area (Å²) in [6.45, 7) is 4.59. The third kappa shape index (κ3) is 8.61. The maximum absolute atomic E-state index is 14.0. The van der Waals surface area contributed by atoms with Crippen molar-refractivity contribution in [2.75, 3.05) is 13.2 Å². The first-order chi connectivity index (χ1) is 21.5. The molecule has 0 aliphatic rings. The molecule has 1 aromatic carbocycles. The van der Waals surface area contributed by atoms with Gasteiger partial charge in [0.1, 0.15) is 5.75 Å². The van der Waals surface area contributed by atoms with Gasteiger partial charge in [0.25, 0.3) is 0 Å². The fraction of sp³-hybridized carbons (Fsp3) is 0.714. The molecule has 0 radical (unpaired) electrons. The van der Waals surface area contributed by atoms with Crippen molar-refractivity contribution in [2.24, 2.45) is 11.8 Å². The zero-order valence-corrected chi connectivity index (χ0v) is 25.1. The Labute approximate surface area is 263 Å². The number of hydrogen-bond acceptors (Lipinski definition) is 3. The molecule has 0 bridgehead atoms. The van der Waals surface area contributed by atoms with E-state index in [0.29, 0.717) is 12.0 Å². The van der Waals surface area contributed by atoms with Crippen molar-refractivity contribution in [1.29, 1.82) is 0 Å². The standard InChI is InChI=1S/C28H31F17O3/c1-16(14-46)6-4-7-17(2)18(3)48-15-19-8-10-20(11-9-19)47-13-5-12-21(29,30)22(31,32)23(33,34)24(35,36)25(37,38)26(39,40)27(41,42)28(43,44)45/h4,7-11,16-18,46H,5-6,12-15H2,1-3H3/b7-4+/t16-,17+,18+/m0/s1. The lowest BCUT2D eigenvalue weighted by Gasteiger charge is -2.42. The van der Waals surface area contributed by atoms with E-state index >= 15 is 0 Å². The Morgan fingerprint density at radius 2 is 1.12 bits per heavy atom. The normalized spacial score (nSPS) is 16.7. The average Bonchev–Trinajstić information content (AvgIpc) is 2.97. The summed E-state index contributed by atoms with van der Waals surface area (Å²) < 4.78 is 238. The molecule has 1 N–H and O–H groups in total. The van der Waals surface area contributed by atoms with Gasteiger partial charge in [-0.2, -0.15) is 74.6 Å². The van der Waals surface area contributed by atoms with Crippen molar-refractivity contribution in [3.8, 4) is 5.75 Å². The number of aliphatic hydroxyl groups is 1. The molecule has 3 atom stereocenters. The topological polar surface area (TPSA) is 38.7 Å². The lowest BCUT2D eigenvalue weighted by Crippen LogP contribution is -2.74. The molecule has 1 aromatic rings. The summed E-state index contributed by atoms with van der Waals surface area (Å²) >= 11 is 0. The third-order valence-corrected chi connectivity index (χ3v) is 7.16. The van der Waals surface area contributed by atoms with E-state index in [1.54, 1.807) is 6.92 Å². The largest absolute Gasteiger partial charge is 0.494 e. The highest BCUT2D eigenvalue weighted by Crippen LogP contribution is 2.64. The summed E-state index contributed by atoms with van der Waals surface area (Å²) in [4.78, 5) is 0. The molecule has 0 saturated heterocycles. The number of aliphatic hydroxyl groups excluding tert-OH is 1. The molecule has 0 heterocycles. The number of rotatable bonds is 19. The first-order valence-corrected chi connectivity index (χ1v) is 13.8. The van der Waals surface area contributed by atoms with Gasteiger partial charge in [-0.25, -0.2) is 0 Å². The number of hydrogen-bond donors (Lipinski definition) is 1. The Kier molecular flexibility index (Phi) is 13.7. The summed E-state index contributed by atoms with van der Waals surface area (Å²) in [5, 5.41) is 9.04. The van der Waals surface area contributed by atoms with Gasteiger partial charge in [0.2, 0.25) is 0 Å². The molecule has 0 unspecified atom stereocenters. The molecule has 3 nitrogen and oxygen atoms in total. The van der Waals surface area contributed by atoms with Crippen LogP contribution in [0.1, 0.15) is 45.6 Å². The summed E-state index contributed by atoms with van der Waals surface area (Å²) in [5.41, 5.74) is 0.559. The van der Waals surface area contributed by atoms with Crippen LogP contribution >= 0.6 is 0 Å². The van der Waals surface area contributed by atoms with Crippen molar-refractivity contribution in [3.05, 3.63) is 42.0 Å². The van der Waals surface area contributed by atoms with E-state index in [1.807, 2.05) is 26.0 Å². The zero-order valence-electron chi connectivity index (χ0n) is 25.1. The molecule has 0 aliphatic heterocycles. The molecule has 0 aliphatic carbocycles. The first-order valence-electron chi connectivity index (χ1n) is 13.8. The summed E-state index contributed by atoms with van der Waals surface area (Å²) in [5.74, 6) is -56.4. The van der Waals surface area contributed by atoms with Crippen molar-refractivity contribution in [3.63, 3.8) is 0 Å². The number of allylic oxidation sites excluding steroid dienone is 1. The maximum atomic E-state index is 14.0. The third-order valence-electron chi connectivity index (χ3n) is 7.16. The van der Waals surface area contributed by atoms with Crippen LogP contribution in [0, 0.1) is 11.8 Å². The fourth-order valence-electron chi connectivity index (χ4n) is 3.66. The molecule has 0 amide bonds. The molecule has 0 saturated carbocycles. The lowest BCUT2D eigenvalue weighted by molar-refractivity contribution is -0.461. The Hall–Kier alpha value is -2.51. The van der Waals surface area contributed by atoms with Crippen LogP contribution in [0.15, 0.2) is 36.4 Å². The van der Waals surface area contributed by atoms with E-state index in [9.17, 15) is 74.6 Å². The van der Waals surface area contributed by atoms with Crippen LogP contribution in [0.5, 0.6) is 5.75 Å². The van der Waals surface area contributed by atoms with E-state index in [1.165, 1.54) is 24.3 Å². The van der Waals surface area contributed by atoms with Crippen LogP contribution in [0.4, 0.5) is 74.6 Å². The Balaban J connectivity index is 2.89. The van der Waals surface area contributed by atoms with Crippen LogP contribution in [0.25, 0.3) is 0 Å². The number of ether oxygens (including phenoxy) is 2. The van der Waals surface area contributed by atoms with Crippen LogP contribution < -0.4 is 4.74 Å². The Bertz CT molecular complexity index is 1180. The summed E-state index contributed by atoms with van der Waals surface area (Å²) in [7, 11) is 0. The summed E-state index contributed by atoms with van der Waals surface area (Å²) in [6, 6.07) is 5.27. The maximum Gasteiger partial charge on any atom is 0.460 e. The minimum atomic E-state index is -8.64. The van der Waals surface area contributed by atoms with Gasteiger partial charge in [-0.15, -0.1) is 0 Å². The van der Waals surface area contributed by atoms with Crippen molar-refractivity contribution < 1.29 is 89.2 Å². The van der Waals surface area contributed by atoms with Gasteiger partial charge >= 0.3 is 47.6 Å². The van der Waals surface area contributed by atoms with Crippen LogP contribution in [0.3, 0.4) is 0 Å². The van der Waals surface area contributed by atoms with Gasteiger partial charge in [0.15, 0.2) is 0 Å². The second kappa shape index (κ2) is 15.2. The molecule has 48 heavy (non-hydrogen) atoms. The van der Waals surface area contributed by atoms with E-state index < -0.39 is 67.1 Å². The second-order valence-electron chi connectivity index (χ2n) is 11.1. The first kappa shape index (κ1) is 43.5. The van der Waals surface area contributed by atoms with Gasteiger partial charge in [-0.3, -0.25) is 0 Å². The smallest absolute Gasteiger partial charge is 0.460 e. The summed E-state index contributed by atoms with van der Waals surface area (Å²) in [6.07, 6.45) is -7.57. The number of benzene rings is 1. The highest BCUT2D eigenvalue weighted by molar-refractivity contribution is 5.27.